The first-order valence-corrected chi connectivity index (χ1v) is 8.77. The number of hydrogen-bond acceptors (Lipinski definition) is 5. The second-order valence-corrected chi connectivity index (χ2v) is 6.22. The van der Waals surface area contributed by atoms with Gasteiger partial charge in [0.25, 0.3) is 0 Å². The van der Waals surface area contributed by atoms with E-state index in [0.717, 1.165) is 43.2 Å². The van der Waals surface area contributed by atoms with Gasteiger partial charge in [-0.25, -0.2) is 0 Å². The molecule has 2 N–H and O–H groups in total. The number of rotatable bonds is 7. The van der Waals surface area contributed by atoms with Gasteiger partial charge in [0.2, 0.25) is 11.8 Å². The lowest BCUT2D eigenvalue weighted by Gasteiger charge is -2.07. The monoisotopic (exact) mass is 325 g/mol. The van der Waals surface area contributed by atoms with Gasteiger partial charge >= 0.3 is 0 Å². The predicted molar refractivity (Wildman–Crippen MR) is 84.6 cm³/mol. The van der Waals surface area contributed by atoms with Crippen molar-refractivity contribution in [3.63, 3.8) is 0 Å². The number of aromatic nitrogens is 3. The van der Waals surface area contributed by atoms with Crippen LogP contribution in [0.1, 0.15) is 38.4 Å². The molecule has 0 saturated carbocycles. The van der Waals surface area contributed by atoms with Gasteiger partial charge in [-0.1, -0.05) is 25.1 Å². The summed E-state index contributed by atoms with van der Waals surface area (Å²) >= 11 is 1.37. The van der Waals surface area contributed by atoms with Crippen LogP contribution in [0.25, 0.3) is 0 Å². The number of aryl methyl sites for hydroxylation is 1. The Kier molecular flexibility index (Phi) is 6.70. The summed E-state index contributed by atoms with van der Waals surface area (Å²) in [4.78, 5) is 23.2. The Morgan fingerprint density at radius 2 is 2.05 bits per heavy atom. The van der Waals surface area contributed by atoms with Crippen molar-refractivity contribution in [2.45, 2.75) is 50.7 Å². The van der Waals surface area contributed by atoms with E-state index in [9.17, 15) is 9.59 Å². The van der Waals surface area contributed by atoms with Crippen LogP contribution in [0.3, 0.4) is 0 Å². The minimum atomic E-state index is -0.164. The summed E-state index contributed by atoms with van der Waals surface area (Å²) in [7, 11) is 0. The Morgan fingerprint density at radius 1 is 1.18 bits per heavy atom. The zero-order valence-corrected chi connectivity index (χ0v) is 13.7. The van der Waals surface area contributed by atoms with Crippen molar-refractivity contribution < 1.29 is 9.59 Å². The third-order valence-corrected chi connectivity index (χ3v) is 4.39. The van der Waals surface area contributed by atoms with Gasteiger partial charge in [-0.3, -0.25) is 9.59 Å². The van der Waals surface area contributed by atoms with E-state index in [-0.39, 0.29) is 24.1 Å². The molecule has 0 atom stereocenters. The molecule has 0 saturated heterocycles. The molecule has 8 heteroatoms. The van der Waals surface area contributed by atoms with Crippen LogP contribution in [-0.4, -0.2) is 45.4 Å². The van der Waals surface area contributed by atoms with E-state index in [2.05, 4.69) is 25.4 Å². The zero-order valence-electron chi connectivity index (χ0n) is 12.9. The maximum Gasteiger partial charge on any atom is 0.239 e. The van der Waals surface area contributed by atoms with Crippen molar-refractivity contribution in [2.24, 2.45) is 0 Å². The molecule has 1 aromatic heterocycles. The average molecular weight is 325 g/mol. The van der Waals surface area contributed by atoms with Crippen molar-refractivity contribution in [1.82, 2.24) is 25.4 Å². The van der Waals surface area contributed by atoms with Crippen molar-refractivity contribution in [2.75, 3.05) is 18.8 Å². The highest BCUT2D eigenvalue weighted by Crippen LogP contribution is 2.21. The maximum atomic E-state index is 11.8. The highest BCUT2D eigenvalue weighted by Gasteiger charge is 2.16. The fourth-order valence-electron chi connectivity index (χ4n) is 2.25. The molecule has 0 fully saturated rings. The number of thioether (sulfide) groups is 1. The standard InChI is InChI=1S/C14H23N5O2S/c1-2-7-15-12(20)9-16-13(21)10-22-14-18-17-11-6-4-3-5-8-19(11)14/h2-10H2,1H3,(H,15,20)(H,16,21). The van der Waals surface area contributed by atoms with Crippen LogP contribution in [-0.2, 0) is 22.6 Å². The first kappa shape index (κ1) is 16.8. The number of carbonyl (C=O) groups excluding carboxylic acids is 2. The third-order valence-electron chi connectivity index (χ3n) is 3.43. The van der Waals surface area contributed by atoms with E-state index in [1.807, 2.05) is 6.92 Å². The Morgan fingerprint density at radius 3 is 2.86 bits per heavy atom. The van der Waals surface area contributed by atoms with Crippen LogP contribution in [0, 0.1) is 0 Å². The van der Waals surface area contributed by atoms with Gasteiger partial charge in [-0.15, -0.1) is 10.2 Å². The minimum absolute atomic E-state index is 0.0251. The van der Waals surface area contributed by atoms with Gasteiger partial charge in [-0.05, 0) is 19.3 Å². The summed E-state index contributed by atoms with van der Waals surface area (Å²) in [5.74, 6) is 0.942. The minimum Gasteiger partial charge on any atom is -0.355 e. The lowest BCUT2D eigenvalue weighted by molar-refractivity contribution is -0.124. The highest BCUT2D eigenvalue weighted by atomic mass is 32.2. The molecule has 22 heavy (non-hydrogen) atoms. The van der Waals surface area contributed by atoms with Gasteiger partial charge in [0, 0.05) is 19.5 Å². The second-order valence-electron chi connectivity index (χ2n) is 5.28. The van der Waals surface area contributed by atoms with Crippen LogP contribution >= 0.6 is 11.8 Å². The number of amides is 2. The first-order valence-electron chi connectivity index (χ1n) is 7.79. The number of fused-ring (bicyclic) bond motifs is 1. The van der Waals surface area contributed by atoms with Gasteiger partial charge in [-0.2, -0.15) is 0 Å². The Hall–Kier alpha value is -1.57. The predicted octanol–water partition coefficient (Wildman–Crippen LogP) is 0.739. The molecular weight excluding hydrogens is 302 g/mol. The Bertz CT molecular complexity index is 517. The van der Waals surface area contributed by atoms with Crippen LogP contribution in [0.5, 0.6) is 0 Å². The van der Waals surface area contributed by atoms with Gasteiger partial charge in [0.1, 0.15) is 5.82 Å². The Balaban J connectivity index is 1.75. The quantitative estimate of drug-likeness (QED) is 0.722. The van der Waals surface area contributed by atoms with Crippen LogP contribution in [0.4, 0.5) is 0 Å². The van der Waals surface area contributed by atoms with E-state index in [1.165, 1.54) is 18.2 Å². The molecule has 0 aliphatic carbocycles. The fraction of sp³-hybridized carbons (Fsp3) is 0.714. The number of carbonyl (C=O) groups is 2. The molecule has 2 amide bonds. The average Bonchev–Trinajstić information content (AvgIpc) is 2.75. The third kappa shape index (κ3) is 5.01. The normalized spacial score (nSPS) is 14.0. The van der Waals surface area contributed by atoms with E-state index in [0.29, 0.717) is 6.54 Å². The smallest absolute Gasteiger partial charge is 0.239 e. The molecule has 1 aromatic rings. The molecule has 1 aliphatic rings. The largest absolute Gasteiger partial charge is 0.355 e. The molecular formula is C14H23N5O2S. The summed E-state index contributed by atoms with van der Waals surface area (Å²) in [6.07, 6.45) is 5.32. The summed E-state index contributed by atoms with van der Waals surface area (Å²) in [6.45, 7) is 3.56. The molecule has 0 radical (unpaired) electrons. The summed E-state index contributed by atoms with van der Waals surface area (Å²) in [6, 6.07) is 0. The van der Waals surface area contributed by atoms with Crippen molar-refractivity contribution in [3.8, 4) is 0 Å². The van der Waals surface area contributed by atoms with Crippen LogP contribution in [0.15, 0.2) is 5.16 Å². The fourth-order valence-corrected chi connectivity index (χ4v) is 3.07. The molecule has 7 nitrogen and oxygen atoms in total. The number of nitrogens with zero attached hydrogens (tertiary/aromatic N) is 3. The maximum absolute atomic E-state index is 11.8. The lowest BCUT2D eigenvalue weighted by atomic mass is 10.2. The zero-order chi connectivity index (χ0) is 15.8. The molecule has 0 aromatic carbocycles. The van der Waals surface area contributed by atoms with E-state index in [4.69, 9.17) is 0 Å². The van der Waals surface area contributed by atoms with Crippen LogP contribution in [0.2, 0.25) is 0 Å². The topological polar surface area (TPSA) is 88.9 Å². The number of hydrogen-bond donors (Lipinski definition) is 2. The van der Waals surface area contributed by atoms with Crippen LogP contribution < -0.4 is 10.6 Å². The summed E-state index contributed by atoms with van der Waals surface area (Å²) in [5.41, 5.74) is 0. The lowest BCUT2D eigenvalue weighted by Crippen LogP contribution is -2.37. The molecule has 2 rings (SSSR count). The molecule has 0 bridgehead atoms. The summed E-state index contributed by atoms with van der Waals surface area (Å²) in [5, 5.41) is 14.5. The summed E-state index contributed by atoms with van der Waals surface area (Å²) < 4.78 is 2.11. The second kappa shape index (κ2) is 8.77. The van der Waals surface area contributed by atoms with Crippen molar-refractivity contribution >= 4 is 23.6 Å². The van der Waals surface area contributed by atoms with Crippen molar-refractivity contribution in [1.29, 1.82) is 0 Å². The molecule has 0 spiro atoms. The van der Waals surface area contributed by atoms with Gasteiger partial charge in [0.15, 0.2) is 5.16 Å². The molecule has 122 valence electrons. The van der Waals surface area contributed by atoms with Gasteiger partial charge in [0.05, 0.1) is 12.3 Å². The van der Waals surface area contributed by atoms with Gasteiger partial charge < -0.3 is 15.2 Å². The molecule has 0 unspecified atom stereocenters. The number of nitrogens with one attached hydrogen (secondary N) is 2. The molecule has 1 aliphatic heterocycles. The molecule has 2 heterocycles. The van der Waals surface area contributed by atoms with E-state index in [1.54, 1.807) is 0 Å². The van der Waals surface area contributed by atoms with E-state index >= 15 is 0 Å². The Labute approximate surface area is 134 Å². The van der Waals surface area contributed by atoms with E-state index < -0.39 is 0 Å². The first-order chi connectivity index (χ1) is 10.7. The van der Waals surface area contributed by atoms with Crippen molar-refractivity contribution in [3.05, 3.63) is 5.82 Å². The SMILES string of the molecule is CCCNC(=O)CNC(=O)CSc1nnc2n1CCCCC2. The highest BCUT2D eigenvalue weighted by molar-refractivity contribution is 7.99.